The Morgan fingerprint density at radius 2 is 2.07 bits per heavy atom. The molecule has 0 saturated heterocycles. The topological polar surface area (TPSA) is 78.7 Å². The van der Waals surface area contributed by atoms with E-state index in [4.69, 9.17) is 11.6 Å². The highest BCUT2D eigenvalue weighted by Gasteiger charge is 2.20. The molecule has 1 N–H and O–H groups in total. The second-order valence-electron chi connectivity index (χ2n) is 6.14. The number of halogens is 1. The number of amides is 1. The van der Waals surface area contributed by atoms with E-state index in [1.807, 2.05) is 43.5 Å². The van der Waals surface area contributed by atoms with Crippen molar-refractivity contribution in [1.82, 2.24) is 9.97 Å². The van der Waals surface area contributed by atoms with Crippen molar-refractivity contribution in [2.24, 2.45) is 0 Å². The zero-order valence-electron chi connectivity index (χ0n) is 15.5. The van der Waals surface area contributed by atoms with E-state index in [1.54, 1.807) is 13.0 Å². The SMILES string of the molecule is Cc1cc(C)c(C#N)c(SC(C)C(=O)Nc2nc(-c3ccccc3Cl)cs2)n1. The number of thioether (sulfide) groups is 1. The van der Waals surface area contributed by atoms with E-state index in [1.165, 1.54) is 23.1 Å². The third-order valence-electron chi connectivity index (χ3n) is 3.97. The number of aryl methyl sites for hydroxylation is 2. The quantitative estimate of drug-likeness (QED) is 0.545. The third-order valence-corrected chi connectivity index (χ3v) is 6.14. The van der Waals surface area contributed by atoms with E-state index < -0.39 is 5.25 Å². The van der Waals surface area contributed by atoms with Crippen LogP contribution in [0.1, 0.15) is 23.7 Å². The molecule has 0 saturated carbocycles. The fraction of sp³-hybridized carbons (Fsp3) is 0.200. The second kappa shape index (κ2) is 8.74. The number of hydrogen-bond acceptors (Lipinski definition) is 6. The van der Waals surface area contributed by atoms with Gasteiger partial charge in [-0.2, -0.15) is 5.26 Å². The number of anilines is 1. The van der Waals surface area contributed by atoms with Crippen LogP contribution in [-0.2, 0) is 4.79 Å². The molecule has 28 heavy (non-hydrogen) atoms. The van der Waals surface area contributed by atoms with Crippen LogP contribution >= 0.6 is 34.7 Å². The minimum absolute atomic E-state index is 0.199. The number of nitrogens with zero attached hydrogens (tertiary/aromatic N) is 3. The van der Waals surface area contributed by atoms with E-state index in [2.05, 4.69) is 21.4 Å². The summed E-state index contributed by atoms with van der Waals surface area (Å²) >= 11 is 8.81. The van der Waals surface area contributed by atoms with Crippen molar-refractivity contribution in [1.29, 1.82) is 5.26 Å². The largest absolute Gasteiger partial charge is 0.301 e. The number of carbonyl (C=O) groups is 1. The highest BCUT2D eigenvalue weighted by atomic mass is 35.5. The predicted molar refractivity (Wildman–Crippen MR) is 115 cm³/mol. The molecule has 0 radical (unpaired) electrons. The summed E-state index contributed by atoms with van der Waals surface area (Å²) in [7, 11) is 0. The summed E-state index contributed by atoms with van der Waals surface area (Å²) in [6.45, 7) is 5.52. The highest BCUT2D eigenvalue weighted by Crippen LogP contribution is 2.31. The van der Waals surface area contributed by atoms with Crippen molar-refractivity contribution in [3.05, 3.63) is 57.6 Å². The molecule has 1 unspecified atom stereocenters. The van der Waals surface area contributed by atoms with Crippen molar-refractivity contribution >= 4 is 45.7 Å². The van der Waals surface area contributed by atoms with Crippen LogP contribution in [-0.4, -0.2) is 21.1 Å². The smallest absolute Gasteiger partial charge is 0.239 e. The third kappa shape index (κ3) is 4.53. The van der Waals surface area contributed by atoms with Crippen molar-refractivity contribution in [2.45, 2.75) is 31.0 Å². The van der Waals surface area contributed by atoms with Crippen LogP contribution in [0.25, 0.3) is 11.3 Å². The summed E-state index contributed by atoms with van der Waals surface area (Å²) in [5.74, 6) is -0.199. The summed E-state index contributed by atoms with van der Waals surface area (Å²) in [6.07, 6.45) is 0. The van der Waals surface area contributed by atoms with Gasteiger partial charge in [0.15, 0.2) is 5.13 Å². The summed E-state index contributed by atoms with van der Waals surface area (Å²) in [4.78, 5) is 21.5. The molecule has 0 aliphatic heterocycles. The molecule has 5 nitrogen and oxygen atoms in total. The van der Waals surface area contributed by atoms with E-state index in [0.717, 1.165) is 16.8 Å². The van der Waals surface area contributed by atoms with Crippen molar-refractivity contribution in [2.75, 3.05) is 5.32 Å². The zero-order valence-corrected chi connectivity index (χ0v) is 17.9. The van der Waals surface area contributed by atoms with Gasteiger partial charge in [0.05, 0.1) is 16.5 Å². The maximum absolute atomic E-state index is 12.6. The first-order valence-corrected chi connectivity index (χ1v) is 10.6. The molecule has 2 aromatic heterocycles. The Labute approximate surface area is 176 Å². The molecule has 3 rings (SSSR count). The van der Waals surface area contributed by atoms with Crippen LogP contribution in [0, 0.1) is 25.2 Å². The molecular weight excluding hydrogens is 412 g/mol. The van der Waals surface area contributed by atoms with E-state index >= 15 is 0 Å². The molecule has 2 heterocycles. The van der Waals surface area contributed by atoms with Gasteiger partial charge in [-0.15, -0.1) is 11.3 Å². The Morgan fingerprint density at radius 3 is 2.79 bits per heavy atom. The van der Waals surface area contributed by atoms with Gasteiger partial charge in [-0.05, 0) is 38.5 Å². The number of hydrogen-bond donors (Lipinski definition) is 1. The van der Waals surface area contributed by atoms with Crippen LogP contribution < -0.4 is 5.32 Å². The summed E-state index contributed by atoms with van der Waals surface area (Å²) in [5.41, 5.74) is 3.71. The Morgan fingerprint density at radius 1 is 1.32 bits per heavy atom. The summed E-state index contributed by atoms with van der Waals surface area (Å²) in [5, 5.41) is 15.3. The molecule has 0 aliphatic rings. The lowest BCUT2D eigenvalue weighted by molar-refractivity contribution is -0.115. The Hall–Kier alpha value is -2.40. The molecule has 1 amide bonds. The van der Waals surface area contributed by atoms with Crippen molar-refractivity contribution < 1.29 is 4.79 Å². The number of nitrogens with one attached hydrogen (secondary N) is 1. The minimum atomic E-state index is -0.437. The Kier molecular flexibility index (Phi) is 6.35. The van der Waals surface area contributed by atoms with Gasteiger partial charge in [-0.3, -0.25) is 4.79 Å². The van der Waals surface area contributed by atoms with Gasteiger partial charge in [0, 0.05) is 21.7 Å². The number of rotatable bonds is 5. The molecular formula is C20H17ClN4OS2. The fourth-order valence-electron chi connectivity index (χ4n) is 2.58. The first-order chi connectivity index (χ1) is 13.4. The van der Waals surface area contributed by atoms with Gasteiger partial charge < -0.3 is 5.32 Å². The van der Waals surface area contributed by atoms with Gasteiger partial charge >= 0.3 is 0 Å². The first kappa shape index (κ1) is 20.3. The number of aromatic nitrogens is 2. The predicted octanol–water partition coefficient (Wildman–Crippen LogP) is 5.47. The zero-order chi connectivity index (χ0) is 20.3. The normalized spacial score (nSPS) is 11.7. The molecule has 1 atom stereocenters. The maximum Gasteiger partial charge on any atom is 0.239 e. The lowest BCUT2D eigenvalue weighted by Gasteiger charge is -2.12. The minimum Gasteiger partial charge on any atom is -0.301 e. The van der Waals surface area contributed by atoms with Gasteiger partial charge in [0.1, 0.15) is 11.1 Å². The average molecular weight is 429 g/mol. The molecule has 0 spiro atoms. The molecule has 1 aromatic carbocycles. The van der Waals surface area contributed by atoms with E-state index in [-0.39, 0.29) is 5.91 Å². The molecule has 3 aromatic rings. The van der Waals surface area contributed by atoms with Crippen LogP contribution in [0.3, 0.4) is 0 Å². The monoisotopic (exact) mass is 428 g/mol. The van der Waals surface area contributed by atoms with Crippen LogP contribution in [0.2, 0.25) is 5.02 Å². The number of thiazole rings is 1. The standard InChI is InChI=1S/C20H17ClN4OS2/c1-11-8-12(2)23-19(15(11)9-22)28-13(3)18(26)25-20-24-17(10-27-20)14-6-4-5-7-16(14)21/h4-8,10,13H,1-3H3,(H,24,25,26). The second-order valence-corrected chi connectivity index (χ2v) is 8.73. The molecule has 8 heteroatoms. The molecule has 0 fully saturated rings. The van der Waals surface area contributed by atoms with Crippen LogP contribution in [0.15, 0.2) is 40.7 Å². The van der Waals surface area contributed by atoms with Gasteiger partial charge in [-0.1, -0.05) is 41.6 Å². The Balaban J connectivity index is 1.72. The van der Waals surface area contributed by atoms with Crippen LogP contribution in [0.4, 0.5) is 5.13 Å². The first-order valence-electron chi connectivity index (χ1n) is 8.45. The van der Waals surface area contributed by atoms with E-state index in [0.29, 0.717) is 26.4 Å². The fourth-order valence-corrected chi connectivity index (χ4v) is 4.54. The molecule has 0 aliphatic carbocycles. The number of pyridine rings is 1. The summed E-state index contributed by atoms with van der Waals surface area (Å²) < 4.78 is 0. The maximum atomic E-state index is 12.6. The molecule has 142 valence electrons. The van der Waals surface area contributed by atoms with Gasteiger partial charge in [0.2, 0.25) is 5.91 Å². The number of carbonyl (C=O) groups excluding carboxylic acids is 1. The lowest BCUT2D eigenvalue weighted by Crippen LogP contribution is -2.22. The van der Waals surface area contributed by atoms with Crippen molar-refractivity contribution in [3.63, 3.8) is 0 Å². The van der Waals surface area contributed by atoms with Gasteiger partial charge in [0.25, 0.3) is 0 Å². The van der Waals surface area contributed by atoms with Gasteiger partial charge in [-0.25, -0.2) is 9.97 Å². The highest BCUT2D eigenvalue weighted by molar-refractivity contribution is 8.00. The van der Waals surface area contributed by atoms with E-state index in [9.17, 15) is 10.1 Å². The Bertz CT molecular complexity index is 1070. The number of nitriles is 1. The summed E-state index contributed by atoms with van der Waals surface area (Å²) in [6, 6.07) is 11.5. The number of benzene rings is 1. The molecule has 0 bridgehead atoms. The van der Waals surface area contributed by atoms with Crippen molar-refractivity contribution in [3.8, 4) is 17.3 Å². The average Bonchev–Trinajstić information content (AvgIpc) is 3.10. The van der Waals surface area contributed by atoms with Crippen LogP contribution in [0.5, 0.6) is 0 Å². The lowest BCUT2D eigenvalue weighted by atomic mass is 10.1.